The molecule has 0 saturated carbocycles. The van der Waals surface area contributed by atoms with Crippen LogP contribution in [0.15, 0.2) is 18.5 Å². The van der Waals surface area contributed by atoms with Crippen molar-refractivity contribution < 1.29 is 5.11 Å². The lowest BCUT2D eigenvalue weighted by Crippen LogP contribution is -2.21. The lowest BCUT2D eigenvalue weighted by Gasteiger charge is -2.19. The van der Waals surface area contributed by atoms with Crippen LogP contribution in [-0.4, -0.2) is 31.7 Å². The number of rotatable bonds is 6. The van der Waals surface area contributed by atoms with Gasteiger partial charge in [0.05, 0.1) is 11.1 Å². The Bertz CT molecular complexity index is 607. The van der Waals surface area contributed by atoms with Gasteiger partial charge in [0, 0.05) is 11.7 Å². The SMILES string of the molecule is Cc1ccc2ncnc(NC(C)CCCC(C)(C)O)c2n1. The van der Waals surface area contributed by atoms with Crippen LogP contribution in [0.5, 0.6) is 0 Å². The molecule has 2 aromatic rings. The fraction of sp³-hybridized carbons (Fsp3) is 0.562. The Morgan fingerprint density at radius 3 is 2.76 bits per heavy atom. The third kappa shape index (κ3) is 4.63. The van der Waals surface area contributed by atoms with Crippen molar-refractivity contribution in [3.05, 3.63) is 24.2 Å². The molecule has 0 radical (unpaired) electrons. The second kappa shape index (κ2) is 6.35. The van der Waals surface area contributed by atoms with E-state index >= 15 is 0 Å². The fourth-order valence-electron chi connectivity index (χ4n) is 2.29. The summed E-state index contributed by atoms with van der Waals surface area (Å²) < 4.78 is 0. The molecule has 2 N–H and O–H groups in total. The summed E-state index contributed by atoms with van der Waals surface area (Å²) in [4.78, 5) is 13.1. The van der Waals surface area contributed by atoms with Crippen LogP contribution in [0.1, 0.15) is 45.7 Å². The van der Waals surface area contributed by atoms with Crippen LogP contribution in [0.3, 0.4) is 0 Å². The Balaban J connectivity index is 2.04. The molecule has 0 bridgehead atoms. The molecule has 1 atom stereocenters. The maximum atomic E-state index is 9.74. The Morgan fingerprint density at radius 2 is 2.05 bits per heavy atom. The number of aryl methyl sites for hydroxylation is 1. The molecule has 1 unspecified atom stereocenters. The monoisotopic (exact) mass is 288 g/mol. The standard InChI is InChI=1S/C16H24N4O/c1-11(6-5-9-16(3,4)21)20-15-14-13(17-10-18-15)8-7-12(2)19-14/h7-8,10-11,21H,5-6,9H2,1-4H3,(H,17,18,20). The number of aliphatic hydroxyl groups is 1. The van der Waals surface area contributed by atoms with Crippen molar-refractivity contribution in [2.75, 3.05) is 5.32 Å². The molecule has 0 spiro atoms. The largest absolute Gasteiger partial charge is 0.390 e. The van der Waals surface area contributed by atoms with Gasteiger partial charge >= 0.3 is 0 Å². The minimum Gasteiger partial charge on any atom is -0.390 e. The highest BCUT2D eigenvalue weighted by Gasteiger charge is 2.14. The third-order valence-corrected chi connectivity index (χ3v) is 3.43. The van der Waals surface area contributed by atoms with Gasteiger partial charge in [0.2, 0.25) is 0 Å². The molecule has 0 aliphatic rings. The van der Waals surface area contributed by atoms with Crippen molar-refractivity contribution in [1.82, 2.24) is 15.0 Å². The van der Waals surface area contributed by atoms with Crippen LogP contribution < -0.4 is 5.32 Å². The van der Waals surface area contributed by atoms with E-state index in [-0.39, 0.29) is 6.04 Å². The summed E-state index contributed by atoms with van der Waals surface area (Å²) in [5, 5.41) is 13.1. The van der Waals surface area contributed by atoms with E-state index in [9.17, 15) is 5.11 Å². The second-order valence-corrected chi connectivity index (χ2v) is 6.29. The number of pyridine rings is 1. The fourth-order valence-corrected chi connectivity index (χ4v) is 2.29. The summed E-state index contributed by atoms with van der Waals surface area (Å²) in [5.41, 5.74) is 2.02. The zero-order chi connectivity index (χ0) is 15.5. The topological polar surface area (TPSA) is 70.9 Å². The molecule has 2 aromatic heterocycles. The summed E-state index contributed by atoms with van der Waals surface area (Å²) in [6.07, 6.45) is 4.29. The summed E-state index contributed by atoms with van der Waals surface area (Å²) in [6.45, 7) is 7.77. The predicted molar refractivity (Wildman–Crippen MR) is 85.3 cm³/mol. The minimum absolute atomic E-state index is 0.271. The Morgan fingerprint density at radius 1 is 1.29 bits per heavy atom. The van der Waals surface area contributed by atoms with Crippen molar-refractivity contribution >= 4 is 16.9 Å². The summed E-state index contributed by atoms with van der Waals surface area (Å²) in [5.74, 6) is 0.777. The van der Waals surface area contributed by atoms with Crippen LogP contribution in [0.4, 0.5) is 5.82 Å². The van der Waals surface area contributed by atoms with E-state index < -0.39 is 5.60 Å². The molecule has 0 fully saturated rings. The molecule has 0 aliphatic carbocycles. The van der Waals surface area contributed by atoms with Crippen LogP contribution in [-0.2, 0) is 0 Å². The quantitative estimate of drug-likeness (QED) is 0.854. The normalized spacial score (nSPS) is 13.4. The first-order chi connectivity index (χ1) is 9.85. The molecule has 0 amide bonds. The molecule has 0 aliphatic heterocycles. The molecule has 2 rings (SSSR count). The van der Waals surface area contributed by atoms with Crippen LogP contribution in [0.25, 0.3) is 11.0 Å². The first-order valence-corrected chi connectivity index (χ1v) is 7.42. The molecule has 0 saturated heterocycles. The number of fused-ring (bicyclic) bond motifs is 1. The summed E-state index contributed by atoms with van der Waals surface area (Å²) in [6, 6.07) is 4.18. The van der Waals surface area contributed by atoms with E-state index in [4.69, 9.17) is 0 Å². The van der Waals surface area contributed by atoms with Gasteiger partial charge in [-0.3, -0.25) is 0 Å². The Kier molecular flexibility index (Phi) is 4.73. The molecule has 21 heavy (non-hydrogen) atoms. The van der Waals surface area contributed by atoms with Gasteiger partial charge in [0.15, 0.2) is 5.82 Å². The van der Waals surface area contributed by atoms with Gasteiger partial charge in [-0.2, -0.15) is 0 Å². The molecule has 5 nitrogen and oxygen atoms in total. The first-order valence-electron chi connectivity index (χ1n) is 7.42. The predicted octanol–water partition coefficient (Wildman–Crippen LogP) is 3.07. The molecule has 0 aromatic carbocycles. The smallest absolute Gasteiger partial charge is 0.156 e. The average molecular weight is 288 g/mol. The Hall–Kier alpha value is -1.75. The van der Waals surface area contributed by atoms with Crippen LogP contribution in [0, 0.1) is 6.92 Å². The highest BCUT2D eigenvalue weighted by Crippen LogP contribution is 2.20. The first kappa shape index (κ1) is 15.6. The van der Waals surface area contributed by atoms with Crippen molar-refractivity contribution in [3.8, 4) is 0 Å². The van der Waals surface area contributed by atoms with E-state index in [2.05, 4.69) is 27.2 Å². The highest BCUT2D eigenvalue weighted by atomic mass is 16.3. The van der Waals surface area contributed by atoms with Crippen LogP contribution >= 0.6 is 0 Å². The number of anilines is 1. The van der Waals surface area contributed by atoms with Gasteiger partial charge in [-0.05, 0) is 59.1 Å². The Labute approximate surface area is 125 Å². The van der Waals surface area contributed by atoms with E-state index in [1.165, 1.54) is 0 Å². The van der Waals surface area contributed by atoms with Crippen molar-refractivity contribution in [1.29, 1.82) is 0 Å². The van der Waals surface area contributed by atoms with Crippen LogP contribution in [0.2, 0.25) is 0 Å². The van der Waals surface area contributed by atoms with Crippen molar-refractivity contribution in [3.63, 3.8) is 0 Å². The van der Waals surface area contributed by atoms with Crippen molar-refractivity contribution in [2.45, 2.75) is 58.6 Å². The van der Waals surface area contributed by atoms with Crippen molar-refractivity contribution in [2.24, 2.45) is 0 Å². The van der Waals surface area contributed by atoms with E-state index in [0.717, 1.165) is 41.8 Å². The number of hydrogen-bond donors (Lipinski definition) is 2. The number of aromatic nitrogens is 3. The number of hydrogen-bond acceptors (Lipinski definition) is 5. The zero-order valence-electron chi connectivity index (χ0n) is 13.2. The summed E-state index contributed by atoms with van der Waals surface area (Å²) in [7, 11) is 0. The van der Waals surface area contributed by atoms with Gasteiger partial charge in [0.25, 0.3) is 0 Å². The molecule has 2 heterocycles. The third-order valence-electron chi connectivity index (χ3n) is 3.43. The second-order valence-electron chi connectivity index (χ2n) is 6.29. The number of nitrogens with zero attached hydrogens (tertiary/aromatic N) is 3. The zero-order valence-corrected chi connectivity index (χ0v) is 13.2. The lowest BCUT2D eigenvalue weighted by atomic mass is 10.00. The molecular formula is C16H24N4O. The van der Waals surface area contributed by atoms with Gasteiger partial charge in [0.1, 0.15) is 11.8 Å². The van der Waals surface area contributed by atoms with Gasteiger partial charge in [-0.15, -0.1) is 0 Å². The lowest BCUT2D eigenvalue weighted by molar-refractivity contribution is 0.0680. The number of nitrogens with one attached hydrogen (secondary N) is 1. The average Bonchev–Trinajstić information content (AvgIpc) is 2.38. The molecule has 114 valence electrons. The molecular weight excluding hydrogens is 264 g/mol. The molecule has 5 heteroatoms. The summed E-state index contributed by atoms with van der Waals surface area (Å²) >= 11 is 0. The maximum absolute atomic E-state index is 9.74. The minimum atomic E-state index is -0.597. The van der Waals surface area contributed by atoms with Gasteiger partial charge in [-0.1, -0.05) is 0 Å². The van der Waals surface area contributed by atoms with E-state index in [1.807, 2.05) is 32.9 Å². The van der Waals surface area contributed by atoms with Gasteiger partial charge in [-0.25, -0.2) is 15.0 Å². The highest BCUT2D eigenvalue weighted by molar-refractivity contribution is 5.84. The van der Waals surface area contributed by atoms with E-state index in [0.29, 0.717) is 0 Å². The van der Waals surface area contributed by atoms with Gasteiger partial charge < -0.3 is 10.4 Å². The van der Waals surface area contributed by atoms with E-state index in [1.54, 1.807) is 6.33 Å². The maximum Gasteiger partial charge on any atom is 0.156 e.